The normalized spacial score (nSPS) is 8.87. The molecule has 0 rings (SSSR count). The van der Waals surface area contributed by atoms with Crippen LogP contribution in [0.5, 0.6) is 0 Å². The van der Waals surface area contributed by atoms with Crippen LogP contribution in [0, 0.1) is 0 Å². The van der Waals surface area contributed by atoms with Crippen LogP contribution in [0.2, 0.25) is 0 Å². The van der Waals surface area contributed by atoms with Crippen LogP contribution in [-0.4, -0.2) is 52.0 Å². The Hall–Kier alpha value is -1.00. The Morgan fingerprint density at radius 3 is 1.33 bits per heavy atom. The molecule has 0 bridgehead atoms. The van der Waals surface area contributed by atoms with Crippen LogP contribution in [0.25, 0.3) is 0 Å². The van der Waals surface area contributed by atoms with Gasteiger partial charge in [-0.3, -0.25) is 9.11 Å². The standard InChI is InChI=1S/C4H6O2.C2H6O2.H2O4S/c1-3(2)4(5)6;3-1-2-4;1-5(2,3)4/h1H2,2H3,(H,5,6);3-4H,1-2H2;(H2,1,2,3,4). The fourth-order valence-corrected chi connectivity index (χ4v) is 0. The molecule has 8 nitrogen and oxygen atoms in total. The van der Waals surface area contributed by atoms with Gasteiger partial charge in [0.2, 0.25) is 0 Å². The summed E-state index contributed by atoms with van der Waals surface area (Å²) in [5, 5.41) is 23.1. The monoisotopic (exact) mass is 246 g/mol. The summed E-state index contributed by atoms with van der Waals surface area (Å²) < 4.78 is 31.6. The fourth-order valence-electron chi connectivity index (χ4n) is 0. The predicted octanol–water partition coefficient (Wildman–Crippen LogP) is -1.03. The Bertz CT molecular complexity index is 245. The summed E-state index contributed by atoms with van der Waals surface area (Å²) in [6.45, 7) is 4.35. The average Bonchev–Trinajstić information content (AvgIpc) is 2.01. The molecular weight excluding hydrogens is 232 g/mol. The average molecular weight is 246 g/mol. The first-order valence-corrected chi connectivity index (χ1v) is 4.76. The number of hydrogen-bond acceptors (Lipinski definition) is 5. The molecule has 92 valence electrons. The largest absolute Gasteiger partial charge is 0.478 e. The third-order valence-corrected chi connectivity index (χ3v) is 0.465. The van der Waals surface area contributed by atoms with Crippen molar-refractivity contribution in [1.29, 1.82) is 0 Å². The van der Waals surface area contributed by atoms with E-state index in [1.165, 1.54) is 6.92 Å². The van der Waals surface area contributed by atoms with Gasteiger partial charge in [0.1, 0.15) is 0 Å². The summed E-state index contributed by atoms with van der Waals surface area (Å²) in [4.78, 5) is 9.60. The van der Waals surface area contributed by atoms with E-state index in [4.69, 9.17) is 32.8 Å². The molecule has 0 aromatic heterocycles. The van der Waals surface area contributed by atoms with Gasteiger partial charge in [-0.1, -0.05) is 6.58 Å². The Morgan fingerprint density at radius 2 is 1.33 bits per heavy atom. The molecule has 0 heterocycles. The van der Waals surface area contributed by atoms with E-state index >= 15 is 0 Å². The molecule has 0 aromatic rings. The van der Waals surface area contributed by atoms with E-state index in [1.807, 2.05) is 0 Å². The smallest absolute Gasteiger partial charge is 0.394 e. The van der Waals surface area contributed by atoms with Gasteiger partial charge in [0.15, 0.2) is 0 Å². The van der Waals surface area contributed by atoms with Crippen molar-refractivity contribution in [1.82, 2.24) is 0 Å². The summed E-state index contributed by atoms with van der Waals surface area (Å²) in [7, 11) is -4.67. The first-order valence-electron chi connectivity index (χ1n) is 3.36. The third-order valence-electron chi connectivity index (χ3n) is 0.465. The summed E-state index contributed by atoms with van der Waals surface area (Å²) in [6.07, 6.45) is 0. The molecule has 0 aliphatic carbocycles. The molecule has 0 unspecified atom stereocenters. The van der Waals surface area contributed by atoms with Gasteiger partial charge in [0.25, 0.3) is 0 Å². The summed E-state index contributed by atoms with van der Waals surface area (Å²) in [6, 6.07) is 0. The molecule has 0 saturated carbocycles. The van der Waals surface area contributed by atoms with Crippen LogP contribution in [0.1, 0.15) is 6.92 Å². The van der Waals surface area contributed by atoms with Crippen molar-refractivity contribution in [3.8, 4) is 0 Å². The molecule has 0 aliphatic rings. The number of rotatable bonds is 2. The second-order valence-electron chi connectivity index (χ2n) is 1.98. The minimum absolute atomic E-state index is 0.125. The van der Waals surface area contributed by atoms with Crippen molar-refractivity contribution >= 4 is 16.4 Å². The van der Waals surface area contributed by atoms with Gasteiger partial charge < -0.3 is 15.3 Å². The molecule has 0 fully saturated rings. The van der Waals surface area contributed by atoms with Crippen LogP contribution in [0.4, 0.5) is 0 Å². The minimum atomic E-state index is -4.67. The lowest BCUT2D eigenvalue weighted by Gasteiger charge is -1.79. The van der Waals surface area contributed by atoms with E-state index in [-0.39, 0.29) is 18.8 Å². The summed E-state index contributed by atoms with van der Waals surface area (Å²) in [5.74, 6) is -0.935. The number of aliphatic hydroxyl groups is 2. The number of carbonyl (C=O) groups is 1. The number of aliphatic carboxylic acids is 1. The first kappa shape index (κ1) is 19.6. The summed E-state index contributed by atoms with van der Waals surface area (Å²) in [5.41, 5.74) is 0.176. The van der Waals surface area contributed by atoms with E-state index in [1.54, 1.807) is 0 Å². The maximum absolute atomic E-state index is 9.60. The van der Waals surface area contributed by atoms with Crippen LogP contribution in [0.15, 0.2) is 12.2 Å². The third kappa shape index (κ3) is 98.3. The Morgan fingerprint density at radius 1 is 1.20 bits per heavy atom. The molecule has 0 atom stereocenters. The lowest BCUT2D eigenvalue weighted by atomic mass is 10.4. The molecule has 15 heavy (non-hydrogen) atoms. The minimum Gasteiger partial charge on any atom is -0.478 e. The zero-order chi connectivity index (χ0) is 13.1. The Labute approximate surface area is 87.1 Å². The Balaban J connectivity index is -0.000000147. The van der Waals surface area contributed by atoms with Crippen LogP contribution >= 0.6 is 0 Å². The second-order valence-corrected chi connectivity index (χ2v) is 2.88. The first-order chi connectivity index (χ1) is 6.56. The van der Waals surface area contributed by atoms with Crippen LogP contribution < -0.4 is 0 Å². The maximum atomic E-state index is 9.60. The van der Waals surface area contributed by atoms with Gasteiger partial charge in [0, 0.05) is 5.57 Å². The molecule has 0 aliphatic heterocycles. The van der Waals surface area contributed by atoms with Crippen molar-refractivity contribution in [3.63, 3.8) is 0 Å². The Kier molecular flexibility index (Phi) is 14.4. The van der Waals surface area contributed by atoms with Gasteiger partial charge in [-0.2, -0.15) is 8.42 Å². The SMILES string of the molecule is C=C(C)C(=O)O.O=S(=O)(O)O.OCCO. The number of hydrogen-bond donors (Lipinski definition) is 5. The van der Waals surface area contributed by atoms with E-state index < -0.39 is 16.4 Å². The molecule has 0 radical (unpaired) electrons. The highest BCUT2D eigenvalue weighted by Gasteiger charge is 1.90. The molecule has 0 amide bonds. The maximum Gasteiger partial charge on any atom is 0.394 e. The molecule has 0 spiro atoms. The highest BCUT2D eigenvalue weighted by atomic mass is 32.3. The lowest BCUT2D eigenvalue weighted by Crippen LogP contribution is -1.92. The van der Waals surface area contributed by atoms with Gasteiger partial charge in [-0.05, 0) is 6.92 Å². The van der Waals surface area contributed by atoms with E-state index in [0.29, 0.717) is 0 Å². The second kappa shape index (κ2) is 11.1. The van der Waals surface area contributed by atoms with Crippen molar-refractivity contribution in [2.75, 3.05) is 13.2 Å². The molecule has 5 N–H and O–H groups in total. The highest BCUT2D eigenvalue weighted by molar-refractivity contribution is 7.79. The van der Waals surface area contributed by atoms with Crippen molar-refractivity contribution < 1.29 is 37.6 Å². The van der Waals surface area contributed by atoms with Crippen molar-refractivity contribution in [3.05, 3.63) is 12.2 Å². The molecular formula is C6H14O8S. The number of aliphatic hydroxyl groups excluding tert-OH is 2. The fraction of sp³-hybridized carbons (Fsp3) is 0.500. The van der Waals surface area contributed by atoms with E-state index in [0.717, 1.165) is 0 Å². The molecule has 0 aromatic carbocycles. The zero-order valence-corrected chi connectivity index (χ0v) is 8.81. The van der Waals surface area contributed by atoms with Gasteiger partial charge in [-0.25, -0.2) is 4.79 Å². The van der Waals surface area contributed by atoms with Gasteiger partial charge in [0.05, 0.1) is 13.2 Å². The van der Waals surface area contributed by atoms with E-state index in [2.05, 4.69) is 6.58 Å². The predicted molar refractivity (Wildman–Crippen MR) is 50.8 cm³/mol. The summed E-state index contributed by atoms with van der Waals surface area (Å²) >= 11 is 0. The molecule has 9 heteroatoms. The topological polar surface area (TPSA) is 152 Å². The molecule has 0 saturated heterocycles. The highest BCUT2D eigenvalue weighted by Crippen LogP contribution is 1.81. The number of carboxylic acids is 1. The lowest BCUT2D eigenvalue weighted by molar-refractivity contribution is -0.132. The van der Waals surface area contributed by atoms with Gasteiger partial charge >= 0.3 is 16.4 Å². The van der Waals surface area contributed by atoms with E-state index in [9.17, 15) is 4.79 Å². The van der Waals surface area contributed by atoms with Gasteiger partial charge in [-0.15, -0.1) is 0 Å². The van der Waals surface area contributed by atoms with Crippen molar-refractivity contribution in [2.45, 2.75) is 6.92 Å². The number of carboxylic acid groups (broad SMARTS) is 1. The zero-order valence-electron chi connectivity index (χ0n) is 7.99. The van der Waals surface area contributed by atoms with Crippen LogP contribution in [-0.2, 0) is 15.2 Å². The quantitative estimate of drug-likeness (QED) is 0.306. The van der Waals surface area contributed by atoms with Crippen molar-refractivity contribution in [2.24, 2.45) is 0 Å². The van der Waals surface area contributed by atoms with Crippen LogP contribution in [0.3, 0.4) is 0 Å².